The molecule has 6 rings (SSSR count). The molecule has 3 aromatic carbocycles. The van der Waals surface area contributed by atoms with Crippen LogP contribution in [0.2, 0.25) is 18.6 Å². The zero-order chi connectivity index (χ0) is 31.7. The predicted molar refractivity (Wildman–Crippen MR) is 173 cm³/mol. The van der Waals surface area contributed by atoms with Crippen LogP contribution in [0.1, 0.15) is 42.2 Å². The van der Waals surface area contributed by atoms with E-state index in [1.165, 1.54) is 4.68 Å². The molecule has 45 heavy (non-hydrogen) atoms. The zero-order valence-corrected chi connectivity index (χ0v) is 26.9. The predicted octanol–water partition coefficient (Wildman–Crippen LogP) is 5.82. The van der Waals surface area contributed by atoms with E-state index in [2.05, 4.69) is 15.4 Å². The lowest BCUT2D eigenvalue weighted by Gasteiger charge is -2.43. The van der Waals surface area contributed by atoms with Crippen molar-refractivity contribution < 1.29 is 18.7 Å². The lowest BCUT2D eigenvalue weighted by Crippen LogP contribution is -2.46. The molecule has 9 nitrogen and oxygen atoms in total. The quantitative estimate of drug-likeness (QED) is 0.154. The molecule has 2 aromatic heterocycles. The molecule has 2 unspecified atom stereocenters. The molecule has 5 atom stereocenters. The molecule has 234 valence electrons. The lowest BCUT2D eigenvalue weighted by atomic mass is 9.86. The van der Waals surface area contributed by atoms with Crippen molar-refractivity contribution in [3.8, 4) is 11.4 Å². The topological polar surface area (TPSA) is 104 Å². The number of aliphatic hydroxyl groups is 1. The van der Waals surface area contributed by atoms with Crippen LogP contribution in [0.25, 0.3) is 16.5 Å². The number of halogens is 1. The van der Waals surface area contributed by atoms with Gasteiger partial charge in [0.25, 0.3) is 5.56 Å². The first kappa shape index (κ1) is 30.8. The number of aryl methyl sites for hydroxylation is 1. The molecule has 5 aromatic rings. The van der Waals surface area contributed by atoms with Crippen molar-refractivity contribution in [2.45, 2.75) is 56.7 Å². The highest BCUT2D eigenvalue weighted by molar-refractivity contribution is 6.72. The van der Waals surface area contributed by atoms with E-state index in [0.29, 0.717) is 35.5 Å². The van der Waals surface area contributed by atoms with Crippen LogP contribution in [0.15, 0.2) is 90.0 Å². The normalized spacial score (nSPS) is 19.6. The summed E-state index contributed by atoms with van der Waals surface area (Å²) in [5.74, 6) is 0.158. The van der Waals surface area contributed by atoms with Crippen molar-refractivity contribution in [3.63, 3.8) is 0 Å². The molecule has 0 saturated heterocycles. The molecule has 11 heteroatoms. The Hall–Kier alpha value is -4.19. The number of ether oxygens (including phenoxy) is 2. The fourth-order valence-electron chi connectivity index (χ4n) is 6.58. The Labute approximate surface area is 262 Å². The van der Waals surface area contributed by atoms with Gasteiger partial charge in [-0.15, -0.1) is 5.10 Å². The molecule has 0 spiro atoms. The summed E-state index contributed by atoms with van der Waals surface area (Å²) in [6, 6.07) is 22.6. The molecule has 0 saturated carbocycles. The molecule has 1 aliphatic heterocycles. The maximum absolute atomic E-state index is 16.1. The lowest BCUT2D eigenvalue weighted by molar-refractivity contribution is -0.0242. The van der Waals surface area contributed by atoms with Gasteiger partial charge in [0, 0.05) is 42.3 Å². The van der Waals surface area contributed by atoms with Crippen LogP contribution in [-0.2, 0) is 11.3 Å². The second kappa shape index (κ2) is 12.7. The third-order valence-electron chi connectivity index (χ3n) is 9.00. The van der Waals surface area contributed by atoms with E-state index in [1.807, 2.05) is 73.8 Å². The van der Waals surface area contributed by atoms with Crippen LogP contribution in [0.5, 0.6) is 5.75 Å². The summed E-state index contributed by atoms with van der Waals surface area (Å²) in [6.45, 7) is 5.83. The van der Waals surface area contributed by atoms with Gasteiger partial charge in [-0.3, -0.25) is 9.48 Å². The van der Waals surface area contributed by atoms with Crippen LogP contribution in [-0.4, -0.2) is 58.1 Å². The average Bonchev–Trinajstić information content (AvgIpc) is 3.50. The number of aliphatic hydroxyl groups excluding tert-OH is 1. The summed E-state index contributed by atoms with van der Waals surface area (Å²) in [5.41, 5.74) is 2.47. The number of methoxy groups -OCH3 is 1. The number of benzene rings is 3. The van der Waals surface area contributed by atoms with E-state index < -0.39 is 14.5 Å². The van der Waals surface area contributed by atoms with Crippen LogP contribution in [0.4, 0.5) is 4.11 Å². The van der Waals surface area contributed by atoms with Crippen LogP contribution < -0.4 is 10.3 Å². The number of nitrogens with zero attached hydrogens (tertiary/aromatic N) is 5. The number of aromatic nitrogens is 5. The van der Waals surface area contributed by atoms with Crippen molar-refractivity contribution in [2.75, 3.05) is 13.7 Å². The van der Waals surface area contributed by atoms with Gasteiger partial charge >= 0.3 is 0 Å². The molecule has 0 bridgehead atoms. The summed E-state index contributed by atoms with van der Waals surface area (Å²) >= 11 is 0. The minimum Gasteiger partial charge on any atom is -0.490 e. The summed E-state index contributed by atoms with van der Waals surface area (Å²) in [6.07, 6.45) is 3.21. The molecular formula is C34H38FN5O4Si. The van der Waals surface area contributed by atoms with Gasteiger partial charge in [-0.1, -0.05) is 60.7 Å². The minimum atomic E-state index is -3.24. The molecule has 0 aliphatic carbocycles. The van der Waals surface area contributed by atoms with E-state index in [9.17, 15) is 9.90 Å². The highest BCUT2D eigenvalue weighted by Crippen LogP contribution is 2.47. The highest BCUT2D eigenvalue weighted by Gasteiger charge is 2.47. The molecular weight excluding hydrogens is 589 g/mol. The fourth-order valence-corrected chi connectivity index (χ4v) is 8.55. The largest absolute Gasteiger partial charge is 0.490 e. The third kappa shape index (κ3) is 6.07. The van der Waals surface area contributed by atoms with Crippen LogP contribution >= 0.6 is 0 Å². The SMILES string of the molecule is CO[C@H]1c2cc(-n3ncc4ccccc4c3=O)ccc2O[C@@H](C(CCn2cc(C(CO)c3ccccc3)nn2)[Si](C)(C)F)[C@@H]1C. The molecule has 0 amide bonds. The van der Waals surface area contributed by atoms with Crippen LogP contribution in [0.3, 0.4) is 0 Å². The Morgan fingerprint density at radius 1 is 1.09 bits per heavy atom. The number of rotatable bonds is 10. The Bertz CT molecular complexity index is 1840. The van der Waals surface area contributed by atoms with E-state index >= 15 is 4.11 Å². The maximum atomic E-state index is 16.1. The molecule has 1 aliphatic rings. The maximum Gasteiger partial charge on any atom is 0.279 e. The van der Waals surface area contributed by atoms with Crippen molar-refractivity contribution in [1.82, 2.24) is 24.8 Å². The fraction of sp³-hybridized carbons (Fsp3) is 0.353. The molecule has 1 N–H and O–H groups in total. The average molecular weight is 628 g/mol. The monoisotopic (exact) mass is 627 g/mol. The van der Waals surface area contributed by atoms with E-state index in [4.69, 9.17) is 9.47 Å². The second-order valence-corrected chi connectivity index (χ2v) is 16.2. The Balaban J connectivity index is 1.25. The summed E-state index contributed by atoms with van der Waals surface area (Å²) in [4.78, 5) is 13.3. The smallest absolute Gasteiger partial charge is 0.279 e. The third-order valence-corrected chi connectivity index (χ3v) is 11.4. The van der Waals surface area contributed by atoms with Crippen molar-refractivity contribution in [2.24, 2.45) is 5.92 Å². The first-order valence-electron chi connectivity index (χ1n) is 15.2. The Morgan fingerprint density at radius 2 is 1.84 bits per heavy atom. The Morgan fingerprint density at radius 3 is 2.58 bits per heavy atom. The van der Waals surface area contributed by atoms with Gasteiger partial charge in [0.05, 0.1) is 41.6 Å². The van der Waals surface area contributed by atoms with E-state index in [1.54, 1.807) is 43.2 Å². The number of hydrogen-bond acceptors (Lipinski definition) is 7. The van der Waals surface area contributed by atoms with Gasteiger partial charge in [0.2, 0.25) is 8.41 Å². The zero-order valence-electron chi connectivity index (χ0n) is 25.9. The van der Waals surface area contributed by atoms with E-state index in [0.717, 1.165) is 16.5 Å². The summed E-state index contributed by atoms with van der Waals surface area (Å²) in [5, 5.41) is 24.5. The van der Waals surface area contributed by atoms with Crippen molar-refractivity contribution in [3.05, 3.63) is 112 Å². The van der Waals surface area contributed by atoms with Crippen molar-refractivity contribution in [1.29, 1.82) is 0 Å². The standard InChI is InChI=1S/C34H38FN5O4Si/c1-22-32(43-2)27-18-25(40-34(42)26-13-9-8-12-24(26)19-36-40)14-15-30(27)44-33(22)31(45(3,4)35)16-17-39-20-29(37-38-39)28(21-41)23-10-6-5-7-11-23/h5-15,18-20,22,28,31-33,41H,16-17,21H2,1-4H3/t22-,28?,31?,32-,33-/m1/s1. The first-order valence-corrected chi connectivity index (χ1v) is 18.2. The molecule has 3 heterocycles. The van der Waals surface area contributed by atoms with Gasteiger partial charge in [-0.05, 0) is 49.3 Å². The van der Waals surface area contributed by atoms with Crippen LogP contribution in [0, 0.1) is 5.92 Å². The second-order valence-electron chi connectivity index (χ2n) is 12.3. The summed E-state index contributed by atoms with van der Waals surface area (Å²) < 4.78 is 31.8. The number of fused-ring (bicyclic) bond motifs is 2. The molecule has 0 fully saturated rings. The first-order chi connectivity index (χ1) is 21.7. The van der Waals surface area contributed by atoms with Gasteiger partial charge in [-0.2, -0.15) is 9.78 Å². The van der Waals surface area contributed by atoms with Crippen molar-refractivity contribution >= 4 is 19.2 Å². The molecule has 0 radical (unpaired) electrons. The van der Waals surface area contributed by atoms with Gasteiger partial charge < -0.3 is 18.7 Å². The van der Waals surface area contributed by atoms with Gasteiger partial charge in [0.15, 0.2) is 0 Å². The van der Waals surface area contributed by atoms with Gasteiger partial charge in [0.1, 0.15) is 11.9 Å². The Kier molecular flexibility index (Phi) is 8.67. The number of hydrogen-bond donors (Lipinski definition) is 1. The minimum absolute atomic E-state index is 0.0890. The highest BCUT2D eigenvalue weighted by atomic mass is 28.4. The summed E-state index contributed by atoms with van der Waals surface area (Å²) in [7, 11) is -1.59. The van der Waals surface area contributed by atoms with E-state index in [-0.39, 0.29) is 35.6 Å². The van der Waals surface area contributed by atoms with Gasteiger partial charge in [-0.25, -0.2) is 0 Å².